The zero-order valence-electron chi connectivity index (χ0n) is 25.4. The lowest BCUT2D eigenvalue weighted by atomic mass is 9.99. The number of nitrogens with zero attached hydrogens (tertiary/aromatic N) is 3. The first-order chi connectivity index (χ1) is 23.8. The third-order valence-electron chi connectivity index (χ3n) is 9.68. The molecule has 0 amide bonds. The Labute approximate surface area is 278 Å². The van der Waals surface area contributed by atoms with Crippen LogP contribution in [-0.2, 0) is 0 Å². The van der Waals surface area contributed by atoms with Gasteiger partial charge in [-0.15, -0.1) is 11.3 Å². The molecule has 0 saturated carbocycles. The third-order valence-corrected chi connectivity index (χ3v) is 10.8. The zero-order chi connectivity index (χ0) is 31.3. The van der Waals surface area contributed by atoms with Crippen LogP contribution >= 0.6 is 11.3 Å². The molecule has 4 nitrogen and oxygen atoms in total. The average molecular weight is 630 g/mol. The molecule has 0 atom stereocenters. The van der Waals surface area contributed by atoms with E-state index in [0.29, 0.717) is 17.5 Å². The maximum Gasteiger partial charge on any atom is 0.164 e. The smallest absolute Gasteiger partial charge is 0.164 e. The highest BCUT2D eigenvalue weighted by Gasteiger charge is 2.27. The van der Waals surface area contributed by atoms with Gasteiger partial charge in [-0.2, -0.15) is 0 Å². The van der Waals surface area contributed by atoms with Crippen LogP contribution in [0.4, 0.5) is 0 Å². The summed E-state index contributed by atoms with van der Waals surface area (Å²) in [6.07, 6.45) is 0. The molecule has 0 aliphatic heterocycles. The molecule has 3 heterocycles. The van der Waals surface area contributed by atoms with E-state index in [9.17, 15) is 0 Å². The Morgan fingerprint density at radius 1 is 0.417 bits per heavy atom. The Bertz CT molecular complexity index is 2950. The first kappa shape index (κ1) is 26.0. The number of hydrogen-bond donors (Lipinski definition) is 0. The van der Waals surface area contributed by atoms with Crippen molar-refractivity contribution in [2.45, 2.75) is 0 Å². The molecule has 10 aromatic rings. The molecule has 0 saturated heterocycles. The van der Waals surface area contributed by atoms with Crippen molar-refractivity contribution >= 4 is 64.2 Å². The van der Waals surface area contributed by atoms with Crippen LogP contribution in [0.3, 0.4) is 0 Å². The number of aromatic nitrogens is 3. The monoisotopic (exact) mass is 629 g/mol. The van der Waals surface area contributed by atoms with E-state index in [-0.39, 0.29) is 0 Å². The van der Waals surface area contributed by atoms with Gasteiger partial charge in [0.1, 0.15) is 11.2 Å². The molecule has 0 fully saturated rings. The molecule has 5 heteroatoms. The van der Waals surface area contributed by atoms with E-state index in [1.54, 1.807) is 11.3 Å². The minimum atomic E-state index is 0.620. The van der Waals surface area contributed by atoms with E-state index in [4.69, 9.17) is 19.4 Å². The SMILES string of the molecule is c1ccc(-c2nc(-c3cccc4oc5c6c(ccc5c34)-c3cccc4cccc-6c34)nc(-c3cccc4sc5ccccc5c34)n2)cc1. The predicted molar refractivity (Wildman–Crippen MR) is 198 cm³/mol. The van der Waals surface area contributed by atoms with Gasteiger partial charge in [0.25, 0.3) is 0 Å². The molecule has 1 aliphatic rings. The van der Waals surface area contributed by atoms with Crippen molar-refractivity contribution in [2.24, 2.45) is 0 Å². The number of fused-ring (bicyclic) bond motifs is 10. The van der Waals surface area contributed by atoms with Crippen LogP contribution in [0.15, 0.2) is 144 Å². The normalized spacial score (nSPS) is 12.2. The number of rotatable bonds is 3. The molecular formula is C43H23N3OS. The van der Waals surface area contributed by atoms with Gasteiger partial charge < -0.3 is 4.42 Å². The van der Waals surface area contributed by atoms with Gasteiger partial charge in [-0.05, 0) is 51.7 Å². The molecule has 11 rings (SSSR count). The van der Waals surface area contributed by atoms with Crippen LogP contribution in [0.1, 0.15) is 0 Å². The van der Waals surface area contributed by atoms with E-state index in [1.807, 2.05) is 30.3 Å². The Morgan fingerprint density at radius 2 is 1.08 bits per heavy atom. The van der Waals surface area contributed by atoms with Crippen molar-refractivity contribution in [3.05, 3.63) is 140 Å². The highest BCUT2D eigenvalue weighted by molar-refractivity contribution is 7.25. The molecule has 222 valence electrons. The van der Waals surface area contributed by atoms with Gasteiger partial charge >= 0.3 is 0 Å². The fourth-order valence-corrected chi connectivity index (χ4v) is 8.77. The Hall–Kier alpha value is -6.17. The lowest BCUT2D eigenvalue weighted by Gasteiger charge is -2.10. The quantitative estimate of drug-likeness (QED) is 0.195. The van der Waals surface area contributed by atoms with E-state index in [0.717, 1.165) is 44.2 Å². The molecule has 0 radical (unpaired) electrons. The second kappa shape index (κ2) is 9.67. The van der Waals surface area contributed by atoms with Crippen molar-refractivity contribution in [1.82, 2.24) is 15.0 Å². The van der Waals surface area contributed by atoms with Gasteiger partial charge in [-0.3, -0.25) is 0 Å². The number of furan rings is 1. The molecule has 48 heavy (non-hydrogen) atoms. The molecule has 0 spiro atoms. The van der Waals surface area contributed by atoms with Crippen LogP contribution in [0.5, 0.6) is 0 Å². The second-order valence-corrected chi connectivity index (χ2v) is 13.4. The van der Waals surface area contributed by atoms with Crippen molar-refractivity contribution in [3.63, 3.8) is 0 Å². The minimum absolute atomic E-state index is 0.620. The molecule has 0 N–H and O–H groups in total. The van der Waals surface area contributed by atoms with E-state index in [2.05, 4.69) is 109 Å². The summed E-state index contributed by atoms with van der Waals surface area (Å²) in [7, 11) is 0. The standard InChI is InChI=1S/C43H23N3OS/c1-2-10-25(11-3-1)41-44-42(46-43(45-41)32-18-9-21-35-38(32)28-14-4-5-20-34(28)48-35)31-17-8-19-33-37(31)30-23-22-27-26-15-6-12-24-13-7-16-29(36(24)26)39(27)40(30)47-33/h1-23H. The van der Waals surface area contributed by atoms with Crippen LogP contribution in [-0.4, -0.2) is 15.0 Å². The van der Waals surface area contributed by atoms with Crippen molar-refractivity contribution < 1.29 is 4.42 Å². The van der Waals surface area contributed by atoms with Crippen LogP contribution in [0.2, 0.25) is 0 Å². The van der Waals surface area contributed by atoms with Crippen molar-refractivity contribution in [3.8, 4) is 56.4 Å². The van der Waals surface area contributed by atoms with Crippen LogP contribution in [0.25, 0.3) is 109 Å². The fourth-order valence-electron chi connectivity index (χ4n) is 7.64. The number of benzene rings is 7. The number of thiophene rings is 1. The summed E-state index contributed by atoms with van der Waals surface area (Å²) in [6.45, 7) is 0. The van der Waals surface area contributed by atoms with Gasteiger partial charge in [0.15, 0.2) is 17.5 Å². The second-order valence-electron chi connectivity index (χ2n) is 12.3. The van der Waals surface area contributed by atoms with E-state index < -0.39 is 0 Å². The highest BCUT2D eigenvalue weighted by Crippen LogP contribution is 2.52. The summed E-state index contributed by atoms with van der Waals surface area (Å²) < 4.78 is 9.24. The van der Waals surface area contributed by atoms with E-state index in [1.165, 1.54) is 47.6 Å². The lowest BCUT2D eigenvalue weighted by molar-refractivity contribution is 0.670. The summed E-state index contributed by atoms with van der Waals surface area (Å²) >= 11 is 1.80. The summed E-state index contributed by atoms with van der Waals surface area (Å²) in [4.78, 5) is 15.5. The fraction of sp³-hybridized carbons (Fsp3) is 0. The summed E-state index contributed by atoms with van der Waals surface area (Å²) in [5.41, 5.74) is 9.40. The minimum Gasteiger partial charge on any atom is -0.455 e. The predicted octanol–water partition coefficient (Wildman–Crippen LogP) is 11.9. The maximum atomic E-state index is 6.78. The van der Waals surface area contributed by atoms with Gasteiger partial charge in [0.05, 0.1) is 0 Å². The van der Waals surface area contributed by atoms with Gasteiger partial charge in [-0.1, -0.05) is 115 Å². The maximum absolute atomic E-state index is 6.78. The van der Waals surface area contributed by atoms with E-state index >= 15 is 0 Å². The summed E-state index contributed by atoms with van der Waals surface area (Å²) in [6, 6.07) is 48.8. The van der Waals surface area contributed by atoms with Gasteiger partial charge in [-0.25, -0.2) is 15.0 Å². The molecule has 0 bridgehead atoms. The highest BCUT2D eigenvalue weighted by atomic mass is 32.1. The van der Waals surface area contributed by atoms with Crippen LogP contribution in [0, 0.1) is 0 Å². The summed E-state index contributed by atoms with van der Waals surface area (Å²) in [5, 5.41) is 6.97. The van der Waals surface area contributed by atoms with Crippen LogP contribution < -0.4 is 0 Å². The van der Waals surface area contributed by atoms with Crippen molar-refractivity contribution in [1.29, 1.82) is 0 Å². The Morgan fingerprint density at radius 3 is 1.94 bits per heavy atom. The Balaban J connectivity index is 1.20. The lowest BCUT2D eigenvalue weighted by Crippen LogP contribution is -2.00. The van der Waals surface area contributed by atoms with Crippen molar-refractivity contribution in [2.75, 3.05) is 0 Å². The Kier molecular flexibility index (Phi) is 5.23. The largest absolute Gasteiger partial charge is 0.455 e. The van der Waals surface area contributed by atoms with Gasteiger partial charge in [0.2, 0.25) is 0 Å². The molecule has 1 aliphatic carbocycles. The summed E-state index contributed by atoms with van der Waals surface area (Å²) in [5.74, 6) is 1.91. The van der Waals surface area contributed by atoms with Gasteiger partial charge in [0, 0.05) is 53.2 Å². The molecular weight excluding hydrogens is 607 g/mol. The average Bonchev–Trinajstić information content (AvgIpc) is 3.82. The first-order valence-electron chi connectivity index (χ1n) is 16.0. The molecule has 7 aromatic carbocycles. The topological polar surface area (TPSA) is 51.8 Å². The molecule has 0 unspecified atom stereocenters. The zero-order valence-corrected chi connectivity index (χ0v) is 26.3. The first-order valence-corrected chi connectivity index (χ1v) is 16.8. The third kappa shape index (κ3) is 3.56. The molecule has 3 aromatic heterocycles. The number of hydrogen-bond acceptors (Lipinski definition) is 5.